The molecule has 0 radical (unpaired) electrons. The summed E-state index contributed by atoms with van der Waals surface area (Å²) in [5.74, 6) is 0.801. The monoisotopic (exact) mass is 233 g/mol. The van der Waals surface area contributed by atoms with Crippen LogP contribution in [0.4, 0.5) is 0 Å². The first-order valence-electron chi connectivity index (χ1n) is 6.17. The van der Waals surface area contributed by atoms with Crippen LogP contribution >= 0.6 is 11.6 Å². The van der Waals surface area contributed by atoms with Gasteiger partial charge in [-0.05, 0) is 24.7 Å². The highest BCUT2D eigenvalue weighted by atomic mass is 35.5. The van der Waals surface area contributed by atoms with Gasteiger partial charge in [0.1, 0.15) is 0 Å². The number of halogens is 1. The lowest BCUT2D eigenvalue weighted by molar-refractivity contribution is 0.134. The largest absolute Gasteiger partial charge is 0.380 e. The maximum atomic E-state index is 6.06. The summed E-state index contributed by atoms with van der Waals surface area (Å²) in [5, 5.41) is 3.47. The van der Waals surface area contributed by atoms with Crippen LogP contribution in [0, 0.1) is 5.41 Å². The Bertz CT molecular complexity index is 158. The van der Waals surface area contributed by atoms with Crippen LogP contribution in [0.2, 0.25) is 0 Å². The molecule has 15 heavy (non-hydrogen) atoms. The van der Waals surface area contributed by atoms with Crippen molar-refractivity contribution in [3.05, 3.63) is 0 Å². The van der Waals surface area contributed by atoms with Crippen molar-refractivity contribution in [3.8, 4) is 0 Å². The summed E-state index contributed by atoms with van der Waals surface area (Å²) in [4.78, 5) is 0. The molecule has 2 nitrogen and oxygen atoms in total. The predicted molar refractivity (Wildman–Crippen MR) is 65.6 cm³/mol. The average molecular weight is 234 g/mol. The molecule has 1 N–H and O–H groups in total. The Morgan fingerprint density at radius 2 is 2.00 bits per heavy atom. The molecule has 0 heterocycles. The highest BCUT2D eigenvalue weighted by Crippen LogP contribution is 2.38. The maximum absolute atomic E-state index is 6.06. The number of ether oxygens (including phenoxy) is 1. The lowest BCUT2D eigenvalue weighted by Gasteiger charge is -2.26. The molecule has 1 fully saturated rings. The fourth-order valence-electron chi connectivity index (χ4n) is 2.23. The van der Waals surface area contributed by atoms with Crippen LogP contribution in [0.3, 0.4) is 0 Å². The van der Waals surface area contributed by atoms with Gasteiger partial charge in [-0.15, -0.1) is 11.6 Å². The van der Waals surface area contributed by atoms with Crippen LogP contribution in [0.15, 0.2) is 0 Å². The molecule has 0 spiro atoms. The van der Waals surface area contributed by atoms with E-state index in [2.05, 4.69) is 12.2 Å². The van der Waals surface area contributed by atoms with Gasteiger partial charge in [-0.2, -0.15) is 0 Å². The van der Waals surface area contributed by atoms with Crippen molar-refractivity contribution in [2.24, 2.45) is 5.41 Å². The second kappa shape index (κ2) is 7.48. The molecule has 1 saturated carbocycles. The number of alkyl halides is 1. The molecule has 0 aromatic carbocycles. The zero-order valence-electron chi connectivity index (χ0n) is 9.86. The third-order valence-corrected chi connectivity index (χ3v) is 3.79. The van der Waals surface area contributed by atoms with E-state index in [0.29, 0.717) is 5.41 Å². The van der Waals surface area contributed by atoms with Gasteiger partial charge in [0, 0.05) is 25.6 Å². The predicted octanol–water partition coefficient (Wildman–Crippen LogP) is 2.80. The molecule has 0 aromatic rings. The Kier molecular flexibility index (Phi) is 6.62. The van der Waals surface area contributed by atoms with Crippen molar-refractivity contribution in [3.63, 3.8) is 0 Å². The highest BCUT2D eigenvalue weighted by Gasteiger charge is 2.32. The van der Waals surface area contributed by atoms with Gasteiger partial charge < -0.3 is 10.1 Å². The Morgan fingerprint density at radius 3 is 2.60 bits per heavy atom. The lowest BCUT2D eigenvalue weighted by atomic mass is 9.88. The molecule has 0 aliphatic heterocycles. The zero-order chi connectivity index (χ0) is 11.0. The molecule has 0 bridgehead atoms. The van der Waals surface area contributed by atoms with Crippen molar-refractivity contribution in [1.82, 2.24) is 5.32 Å². The third-order valence-electron chi connectivity index (χ3n) is 3.22. The minimum atomic E-state index is 0.381. The van der Waals surface area contributed by atoms with Gasteiger partial charge in [0.05, 0.1) is 6.61 Å². The smallest absolute Gasteiger partial charge is 0.0590 e. The SMILES string of the molecule is CCCOCCNCC1(CCl)CCCC1. The molecule has 1 rings (SSSR count). The van der Waals surface area contributed by atoms with E-state index in [1.807, 2.05) is 0 Å². The number of rotatable bonds is 8. The van der Waals surface area contributed by atoms with E-state index in [1.165, 1.54) is 25.7 Å². The van der Waals surface area contributed by atoms with Crippen LogP contribution < -0.4 is 5.32 Å². The molecule has 90 valence electrons. The third kappa shape index (κ3) is 4.71. The summed E-state index contributed by atoms with van der Waals surface area (Å²) < 4.78 is 5.42. The van der Waals surface area contributed by atoms with Crippen molar-refractivity contribution < 1.29 is 4.74 Å². The van der Waals surface area contributed by atoms with Gasteiger partial charge in [-0.25, -0.2) is 0 Å². The molecule has 0 unspecified atom stereocenters. The van der Waals surface area contributed by atoms with E-state index in [9.17, 15) is 0 Å². The summed E-state index contributed by atoms with van der Waals surface area (Å²) in [7, 11) is 0. The Labute approximate surface area is 98.7 Å². The molecule has 3 heteroatoms. The van der Waals surface area contributed by atoms with Gasteiger partial charge in [-0.1, -0.05) is 19.8 Å². The van der Waals surface area contributed by atoms with Crippen LogP contribution in [0.1, 0.15) is 39.0 Å². The zero-order valence-corrected chi connectivity index (χ0v) is 10.6. The fourth-order valence-corrected chi connectivity index (χ4v) is 2.59. The summed E-state index contributed by atoms with van der Waals surface area (Å²) in [6.45, 7) is 5.85. The van der Waals surface area contributed by atoms with Crippen molar-refractivity contribution >= 4 is 11.6 Å². The molecule has 0 saturated heterocycles. The number of hydrogen-bond donors (Lipinski definition) is 1. The first kappa shape index (κ1) is 13.3. The number of nitrogens with one attached hydrogen (secondary N) is 1. The van der Waals surface area contributed by atoms with E-state index >= 15 is 0 Å². The molecule has 0 atom stereocenters. The summed E-state index contributed by atoms with van der Waals surface area (Å²) >= 11 is 6.06. The molecule has 1 aliphatic carbocycles. The normalized spacial score (nSPS) is 19.6. The first-order chi connectivity index (χ1) is 7.33. The highest BCUT2D eigenvalue weighted by molar-refractivity contribution is 6.18. The average Bonchev–Trinajstić information content (AvgIpc) is 2.73. The fraction of sp³-hybridized carbons (Fsp3) is 1.00. The minimum absolute atomic E-state index is 0.381. The molecule has 0 aromatic heterocycles. The van der Waals surface area contributed by atoms with Crippen molar-refractivity contribution in [2.75, 3.05) is 32.2 Å². The summed E-state index contributed by atoms with van der Waals surface area (Å²) in [6, 6.07) is 0. The van der Waals surface area contributed by atoms with Gasteiger partial charge in [-0.3, -0.25) is 0 Å². The Hall–Kier alpha value is 0.210. The van der Waals surface area contributed by atoms with Crippen LogP contribution in [-0.4, -0.2) is 32.2 Å². The van der Waals surface area contributed by atoms with Crippen LogP contribution in [0.25, 0.3) is 0 Å². The van der Waals surface area contributed by atoms with E-state index in [0.717, 1.165) is 38.6 Å². The Morgan fingerprint density at radius 1 is 1.27 bits per heavy atom. The molecular weight excluding hydrogens is 210 g/mol. The Balaban J connectivity index is 2.02. The standard InChI is InChI=1S/C12H24ClNO/c1-2-8-15-9-7-14-11-12(10-13)5-3-4-6-12/h14H,2-11H2,1H3. The lowest BCUT2D eigenvalue weighted by Crippen LogP contribution is -2.35. The number of hydrogen-bond acceptors (Lipinski definition) is 2. The maximum Gasteiger partial charge on any atom is 0.0590 e. The van der Waals surface area contributed by atoms with Gasteiger partial charge in [0.15, 0.2) is 0 Å². The van der Waals surface area contributed by atoms with Gasteiger partial charge in [0.2, 0.25) is 0 Å². The van der Waals surface area contributed by atoms with E-state index in [1.54, 1.807) is 0 Å². The van der Waals surface area contributed by atoms with Gasteiger partial charge in [0.25, 0.3) is 0 Å². The second-order valence-electron chi connectivity index (χ2n) is 4.63. The summed E-state index contributed by atoms with van der Waals surface area (Å²) in [6.07, 6.45) is 6.38. The topological polar surface area (TPSA) is 21.3 Å². The summed E-state index contributed by atoms with van der Waals surface area (Å²) in [5.41, 5.74) is 0.381. The van der Waals surface area contributed by atoms with Crippen LogP contribution in [-0.2, 0) is 4.74 Å². The molecule has 1 aliphatic rings. The molecular formula is C12H24ClNO. The van der Waals surface area contributed by atoms with Gasteiger partial charge >= 0.3 is 0 Å². The van der Waals surface area contributed by atoms with Crippen molar-refractivity contribution in [2.45, 2.75) is 39.0 Å². The van der Waals surface area contributed by atoms with E-state index < -0.39 is 0 Å². The first-order valence-corrected chi connectivity index (χ1v) is 6.71. The minimum Gasteiger partial charge on any atom is -0.380 e. The molecule has 0 amide bonds. The van der Waals surface area contributed by atoms with Crippen molar-refractivity contribution in [1.29, 1.82) is 0 Å². The van der Waals surface area contributed by atoms with Crippen LogP contribution in [0.5, 0.6) is 0 Å². The van der Waals surface area contributed by atoms with E-state index in [-0.39, 0.29) is 0 Å². The van der Waals surface area contributed by atoms with E-state index in [4.69, 9.17) is 16.3 Å². The quantitative estimate of drug-likeness (QED) is 0.514. The second-order valence-corrected chi connectivity index (χ2v) is 4.90.